The highest BCUT2D eigenvalue weighted by Crippen LogP contribution is 2.31. The molecular weight excluding hydrogens is 206 g/mol. The van der Waals surface area contributed by atoms with Crippen molar-refractivity contribution in [2.24, 2.45) is 0 Å². The van der Waals surface area contributed by atoms with E-state index in [1.54, 1.807) is 0 Å². The lowest BCUT2D eigenvalue weighted by molar-refractivity contribution is -0.132. The number of hydrogen-bond acceptors (Lipinski definition) is 1. The monoisotopic (exact) mass is 217 g/mol. The van der Waals surface area contributed by atoms with E-state index in [1.807, 2.05) is 4.90 Å². The van der Waals surface area contributed by atoms with Gasteiger partial charge in [0.15, 0.2) is 0 Å². The molecule has 0 radical (unpaired) electrons. The van der Waals surface area contributed by atoms with Gasteiger partial charge in [-0.05, 0) is 25.7 Å². The smallest absolute Gasteiger partial charge is 0.236 e. The molecule has 11 heavy (non-hydrogen) atoms. The van der Waals surface area contributed by atoms with Crippen LogP contribution in [0.3, 0.4) is 0 Å². The van der Waals surface area contributed by atoms with Gasteiger partial charge in [0.2, 0.25) is 5.91 Å². The van der Waals surface area contributed by atoms with Gasteiger partial charge in [0.05, 0.1) is 4.83 Å². The van der Waals surface area contributed by atoms with E-state index < -0.39 is 0 Å². The molecule has 1 aliphatic heterocycles. The quantitative estimate of drug-likeness (QED) is 0.611. The summed E-state index contributed by atoms with van der Waals surface area (Å²) in [4.78, 5) is 13.6. The van der Waals surface area contributed by atoms with Crippen LogP contribution in [0.1, 0.15) is 25.7 Å². The molecule has 2 aliphatic rings. The minimum absolute atomic E-state index is 0.108. The van der Waals surface area contributed by atoms with Gasteiger partial charge in [-0.3, -0.25) is 4.79 Å². The largest absolute Gasteiger partial charge is 0.339 e. The summed E-state index contributed by atoms with van der Waals surface area (Å²) in [5, 5.41) is 0. The second-order valence-corrected chi connectivity index (χ2v) is 4.48. The van der Waals surface area contributed by atoms with Crippen LogP contribution in [0, 0.1) is 0 Å². The van der Waals surface area contributed by atoms with E-state index in [1.165, 1.54) is 12.8 Å². The minimum atomic E-state index is 0.108. The molecule has 1 atom stereocenters. The number of carbonyl (C=O) groups excluding carboxylic acids is 1. The molecule has 0 aromatic heterocycles. The van der Waals surface area contributed by atoms with Gasteiger partial charge in [-0.2, -0.15) is 0 Å². The van der Waals surface area contributed by atoms with Gasteiger partial charge in [-0.25, -0.2) is 0 Å². The van der Waals surface area contributed by atoms with Crippen LogP contribution in [0.2, 0.25) is 0 Å². The lowest BCUT2D eigenvalue weighted by atomic mass is 10.1. The first-order valence-electron chi connectivity index (χ1n) is 4.23. The Morgan fingerprint density at radius 2 is 2.09 bits per heavy atom. The third kappa shape index (κ3) is 1.43. The number of halogens is 1. The van der Waals surface area contributed by atoms with Gasteiger partial charge in [-0.15, -0.1) is 0 Å². The number of likely N-dealkylation sites (tertiary alicyclic amines) is 1. The first kappa shape index (κ1) is 7.59. The second kappa shape index (κ2) is 2.77. The average molecular weight is 218 g/mol. The zero-order valence-electron chi connectivity index (χ0n) is 6.42. The molecule has 0 aromatic carbocycles. The lowest BCUT2D eigenvalue weighted by Crippen LogP contribution is -2.42. The molecular formula is C8H12BrNO. The van der Waals surface area contributed by atoms with Crippen molar-refractivity contribution in [3.8, 4) is 0 Å². The summed E-state index contributed by atoms with van der Waals surface area (Å²) < 4.78 is 0. The van der Waals surface area contributed by atoms with E-state index in [4.69, 9.17) is 0 Å². The summed E-state index contributed by atoms with van der Waals surface area (Å²) in [6.07, 6.45) is 4.64. The number of amides is 1. The van der Waals surface area contributed by atoms with Crippen molar-refractivity contribution >= 4 is 21.8 Å². The van der Waals surface area contributed by atoms with E-state index in [2.05, 4.69) is 15.9 Å². The Labute approximate surface area is 75.1 Å². The third-order valence-electron chi connectivity index (χ3n) is 2.40. The maximum Gasteiger partial charge on any atom is 0.236 e. The van der Waals surface area contributed by atoms with Crippen LogP contribution in [-0.2, 0) is 4.79 Å². The predicted molar refractivity (Wildman–Crippen MR) is 46.7 cm³/mol. The van der Waals surface area contributed by atoms with Crippen molar-refractivity contribution in [1.29, 1.82) is 0 Å². The fourth-order valence-electron chi connectivity index (χ4n) is 1.60. The highest BCUT2D eigenvalue weighted by molar-refractivity contribution is 9.10. The van der Waals surface area contributed by atoms with E-state index in [-0.39, 0.29) is 4.83 Å². The van der Waals surface area contributed by atoms with Crippen molar-refractivity contribution in [3.05, 3.63) is 0 Å². The number of carbonyl (C=O) groups is 1. The topological polar surface area (TPSA) is 20.3 Å². The summed E-state index contributed by atoms with van der Waals surface area (Å²) in [5.41, 5.74) is 0. The third-order valence-corrected chi connectivity index (χ3v) is 3.24. The maximum absolute atomic E-state index is 11.5. The van der Waals surface area contributed by atoms with Gasteiger partial charge >= 0.3 is 0 Å². The molecule has 2 rings (SSSR count). The van der Waals surface area contributed by atoms with Crippen molar-refractivity contribution in [1.82, 2.24) is 4.90 Å². The zero-order chi connectivity index (χ0) is 7.84. The Kier molecular flexibility index (Phi) is 1.91. The van der Waals surface area contributed by atoms with Crippen LogP contribution < -0.4 is 0 Å². The lowest BCUT2D eigenvalue weighted by Gasteiger charge is -2.29. The van der Waals surface area contributed by atoms with Crippen LogP contribution in [0.5, 0.6) is 0 Å². The Bertz CT molecular complexity index is 179. The number of nitrogens with zero attached hydrogens (tertiary/aromatic N) is 1. The van der Waals surface area contributed by atoms with Gasteiger partial charge in [0, 0.05) is 12.6 Å². The summed E-state index contributed by atoms with van der Waals surface area (Å²) in [7, 11) is 0. The summed E-state index contributed by atoms with van der Waals surface area (Å²) in [6.45, 7) is 0.992. The highest BCUT2D eigenvalue weighted by atomic mass is 79.9. The van der Waals surface area contributed by atoms with Crippen molar-refractivity contribution in [3.63, 3.8) is 0 Å². The summed E-state index contributed by atoms with van der Waals surface area (Å²) in [5.74, 6) is 0.318. The van der Waals surface area contributed by atoms with Crippen molar-refractivity contribution in [2.75, 3.05) is 6.54 Å². The zero-order valence-corrected chi connectivity index (χ0v) is 8.01. The average Bonchev–Trinajstić information content (AvgIpc) is 2.77. The Hall–Kier alpha value is -0.0500. The molecule has 0 N–H and O–H groups in total. The van der Waals surface area contributed by atoms with Crippen molar-refractivity contribution < 1.29 is 4.79 Å². The fourth-order valence-corrected chi connectivity index (χ4v) is 2.19. The van der Waals surface area contributed by atoms with E-state index in [0.29, 0.717) is 11.9 Å². The Morgan fingerprint density at radius 1 is 1.36 bits per heavy atom. The van der Waals surface area contributed by atoms with Gasteiger partial charge in [-0.1, -0.05) is 15.9 Å². The van der Waals surface area contributed by atoms with Crippen molar-refractivity contribution in [2.45, 2.75) is 36.6 Å². The number of rotatable bonds is 1. The second-order valence-electron chi connectivity index (χ2n) is 3.37. The normalized spacial score (nSPS) is 32.6. The molecule has 62 valence electrons. The fraction of sp³-hybridized carbons (Fsp3) is 0.875. The summed E-state index contributed by atoms with van der Waals surface area (Å²) in [6, 6.07) is 0.600. The molecule has 0 unspecified atom stereocenters. The molecule has 2 nitrogen and oxygen atoms in total. The molecule has 3 heteroatoms. The van der Waals surface area contributed by atoms with E-state index in [0.717, 1.165) is 19.4 Å². The summed E-state index contributed by atoms with van der Waals surface area (Å²) >= 11 is 3.40. The molecule has 0 bridgehead atoms. The van der Waals surface area contributed by atoms with Crippen LogP contribution in [-0.4, -0.2) is 28.2 Å². The van der Waals surface area contributed by atoms with Crippen LogP contribution in [0.15, 0.2) is 0 Å². The van der Waals surface area contributed by atoms with Gasteiger partial charge in [0.25, 0.3) is 0 Å². The predicted octanol–water partition coefficient (Wildman–Crippen LogP) is 1.53. The first-order valence-corrected chi connectivity index (χ1v) is 5.15. The Morgan fingerprint density at radius 3 is 2.73 bits per heavy atom. The first-order chi connectivity index (χ1) is 5.29. The van der Waals surface area contributed by atoms with E-state index >= 15 is 0 Å². The van der Waals surface area contributed by atoms with Crippen LogP contribution in [0.25, 0.3) is 0 Å². The number of hydrogen-bond donors (Lipinski definition) is 0. The van der Waals surface area contributed by atoms with E-state index in [9.17, 15) is 4.79 Å². The molecule has 1 aliphatic carbocycles. The Balaban J connectivity index is 2.01. The van der Waals surface area contributed by atoms with Crippen LogP contribution >= 0.6 is 15.9 Å². The minimum Gasteiger partial charge on any atom is -0.339 e. The highest BCUT2D eigenvalue weighted by Gasteiger charge is 2.36. The van der Waals surface area contributed by atoms with Gasteiger partial charge in [0.1, 0.15) is 0 Å². The van der Waals surface area contributed by atoms with Crippen LogP contribution in [0.4, 0.5) is 0 Å². The molecule has 0 aromatic rings. The number of alkyl halides is 1. The standard InChI is InChI=1S/C8H12BrNO/c9-7-2-1-5-10(8(7)11)6-3-4-6/h6-7H,1-5H2/t7-/m1/s1. The molecule has 2 fully saturated rings. The molecule has 1 amide bonds. The number of piperidine rings is 1. The van der Waals surface area contributed by atoms with Gasteiger partial charge < -0.3 is 4.90 Å². The molecule has 1 saturated heterocycles. The molecule has 0 spiro atoms. The SMILES string of the molecule is O=C1[C@H](Br)CCCN1C1CC1. The molecule has 1 heterocycles. The maximum atomic E-state index is 11.5. The molecule has 1 saturated carbocycles.